The topological polar surface area (TPSA) is 42.4 Å². The lowest BCUT2D eigenvalue weighted by Crippen LogP contribution is -2.48. The second-order valence-electron chi connectivity index (χ2n) is 6.53. The van der Waals surface area contributed by atoms with Crippen molar-refractivity contribution < 1.29 is 13.9 Å². The third-order valence-corrected chi connectivity index (χ3v) is 4.87. The summed E-state index contributed by atoms with van der Waals surface area (Å²) < 4.78 is 18.7. The largest absolute Gasteiger partial charge is 0.379 e. The summed E-state index contributed by atoms with van der Waals surface area (Å²) in [5.74, 6) is 0.234. The molecule has 1 aliphatic heterocycles. The lowest BCUT2D eigenvalue weighted by atomic mass is 9.87. The minimum atomic E-state index is -0.219. The van der Waals surface area contributed by atoms with Crippen LogP contribution in [-0.2, 0) is 22.4 Å². The highest BCUT2D eigenvalue weighted by Gasteiger charge is 2.31. The number of carbonyl (C=O) groups is 1. The van der Waals surface area contributed by atoms with Gasteiger partial charge in [-0.3, -0.25) is 9.78 Å². The van der Waals surface area contributed by atoms with E-state index < -0.39 is 0 Å². The van der Waals surface area contributed by atoms with E-state index in [-0.39, 0.29) is 17.8 Å². The van der Waals surface area contributed by atoms with Crippen LogP contribution < -0.4 is 0 Å². The first-order valence-corrected chi connectivity index (χ1v) is 8.59. The van der Waals surface area contributed by atoms with Gasteiger partial charge in [0.05, 0.1) is 12.5 Å². The molecule has 0 bridgehead atoms. The van der Waals surface area contributed by atoms with Crippen LogP contribution in [0.2, 0.25) is 0 Å². The van der Waals surface area contributed by atoms with Gasteiger partial charge in [-0.2, -0.15) is 0 Å². The number of nitrogens with zero attached hydrogens (tertiary/aromatic N) is 2. The minimum absolute atomic E-state index is 0.000179. The molecule has 4 nitrogen and oxygen atoms in total. The van der Waals surface area contributed by atoms with Crippen LogP contribution in [0.3, 0.4) is 0 Å². The molecular formula is C20H23FN2O2. The number of piperidine rings is 1. The fourth-order valence-corrected chi connectivity index (χ4v) is 3.40. The van der Waals surface area contributed by atoms with Crippen molar-refractivity contribution >= 4 is 5.91 Å². The smallest absolute Gasteiger partial charge is 0.227 e. The highest BCUT2D eigenvalue weighted by molar-refractivity contribution is 5.78. The maximum atomic E-state index is 13.1. The molecule has 1 aromatic carbocycles. The monoisotopic (exact) mass is 342 g/mol. The Hall–Kier alpha value is -2.27. The predicted octanol–water partition coefficient (Wildman–Crippen LogP) is 2.87. The molecule has 0 saturated carbocycles. The molecule has 2 aromatic rings. The zero-order chi connectivity index (χ0) is 17.6. The third-order valence-electron chi connectivity index (χ3n) is 4.87. The predicted molar refractivity (Wildman–Crippen MR) is 93.5 cm³/mol. The number of halogens is 1. The molecule has 132 valence electrons. The Bertz CT molecular complexity index is 691. The molecule has 0 unspecified atom stereocenters. The van der Waals surface area contributed by atoms with Gasteiger partial charge in [-0.25, -0.2) is 4.39 Å². The van der Waals surface area contributed by atoms with Gasteiger partial charge in [0.15, 0.2) is 0 Å². The maximum Gasteiger partial charge on any atom is 0.227 e. The van der Waals surface area contributed by atoms with E-state index in [9.17, 15) is 9.18 Å². The Morgan fingerprint density at radius 1 is 1.20 bits per heavy atom. The number of ether oxygens (including phenoxy) is 1. The molecule has 2 atom stereocenters. The molecule has 2 heterocycles. The Morgan fingerprint density at radius 3 is 2.60 bits per heavy atom. The van der Waals surface area contributed by atoms with Crippen LogP contribution in [0.4, 0.5) is 4.39 Å². The number of hydrogen-bond acceptors (Lipinski definition) is 3. The van der Waals surface area contributed by atoms with Crippen molar-refractivity contribution in [3.8, 4) is 0 Å². The summed E-state index contributed by atoms with van der Waals surface area (Å²) in [7, 11) is 1.69. The molecule has 1 amide bonds. The normalized spacial score (nSPS) is 20.5. The quantitative estimate of drug-likeness (QED) is 0.839. The summed E-state index contributed by atoms with van der Waals surface area (Å²) in [6, 6.07) is 10.4. The molecule has 5 heteroatoms. The van der Waals surface area contributed by atoms with Gasteiger partial charge in [0, 0.05) is 32.6 Å². The van der Waals surface area contributed by atoms with E-state index in [0.29, 0.717) is 18.9 Å². The number of methoxy groups -OCH3 is 1. The summed E-state index contributed by atoms with van der Waals surface area (Å²) in [5, 5.41) is 0. The number of amides is 1. The summed E-state index contributed by atoms with van der Waals surface area (Å²) in [5.41, 5.74) is 2.08. The van der Waals surface area contributed by atoms with Gasteiger partial charge < -0.3 is 9.64 Å². The van der Waals surface area contributed by atoms with Crippen LogP contribution in [0.15, 0.2) is 48.8 Å². The fourth-order valence-electron chi connectivity index (χ4n) is 3.40. The SMILES string of the molecule is CO[C@H]1CN(C(=O)Cc2ccncc2)CC[C@@H]1Cc1ccc(F)cc1. The maximum absolute atomic E-state index is 13.1. The lowest BCUT2D eigenvalue weighted by Gasteiger charge is -2.38. The molecule has 1 aromatic heterocycles. The van der Waals surface area contributed by atoms with Crippen molar-refractivity contribution in [3.05, 3.63) is 65.7 Å². The number of aromatic nitrogens is 1. The van der Waals surface area contributed by atoms with Gasteiger partial charge in [-0.1, -0.05) is 12.1 Å². The molecular weight excluding hydrogens is 319 g/mol. The van der Waals surface area contributed by atoms with Crippen LogP contribution in [0.5, 0.6) is 0 Å². The van der Waals surface area contributed by atoms with Gasteiger partial charge in [-0.15, -0.1) is 0 Å². The van der Waals surface area contributed by atoms with E-state index in [1.807, 2.05) is 29.2 Å². The van der Waals surface area contributed by atoms with Crippen LogP contribution in [0.1, 0.15) is 17.5 Å². The van der Waals surface area contributed by atoms with Crippen molar-refractivity contribution in [2.75, 3.05) is 20.2 Å². The van der Waals surface area contributed by atoms with Crippen molar-refractivity contribution in [2.45, 2.75) is 25.4 Å². The number of carbonyl (C=O) groups excluding carboxylic acids is 1. The molecule has 0 N–H and O–H groups in total. The Kier molecular flexibility index (Phi) is 5.76. The molecule has 0 spiro atoms. The summed E-state index contributed by atoms with van der Waals surface area (Å²) in [6.45, 7) is 1.34. The number of hydrogen-bond donors (Lipinski definition) is 0. The van der Waals surface area contributed by atoms with Gasteiger partial charge in [0.2, 0.25) is 5.91 Å². The highest BCUT2D eigenvalue weighted by Crippen LogP contribution is 2.25. The number of benzene rings is 1. The van der Waals surface area contributed by atoms with E-state index in [4.69, 9.17) is 4.74 Å². The van der Waals surface area contributed by atoms with Crippen LogP contribution in [0, 0.1) is 11.7 Å². The van der Waals surface area contributed by atoms with Gasteiger partial charge in [0.1, 0.15) is 5.82 Å². The molecule has 0 aliphatic carbocycles. The second kappa shape index (κ2) is 8.21. The zero-order valence-electron chi connectivity index (χ0n) is 14.4. The fraction of sp³-hybridized carbons (Fsp3) is 0.400. The molecule has 1 aliphatic rings. The first-order valence-electron chi connectivity index (χ1n) is 8.59. The van der Waals surface area contributed by atoms with Gasteiger partial charge in [-0.05, 0) is 54.2 Å². The Morgan fingerprint density at radius 2 is 1.92 bits per heavy atom. The first-order chi connectivity index (χ1) is 12.2. The number of pyridine rings is 1. The van der Waals surface area contributed by atoms with Crippen molar-refractivity contribution in [1.82, 2.24) is 9.88 Å². The Balaban J connectivity index is 1.59. The van der Waals surface area contributed by atoms with Crippen LogP contribution in [0.25, 0.3) is 0 Å². The second-order valence-corrected chi connectivity index (χ2v) is 6.53. The number of rotatable bonds is 5. The lowest BCUT2D eigenvalue weighted by molar-refractivity contribution is -0.135. The van der Waals surface area contributed by atoms with Crippen LogP contribution in [-0.4, -0.2) is 42.1 Å². The Labute approximate surface area is 147 Å². The average Bonchev–Trinajstić information content (AvgIpc) is 2.64. The highest BCUT2D eigenvalue weighted by atomic mass is 19.1. The molecule has 0 radical (unpaired) electrons. The van der Waals surface area contributed by atoms with E-state index >= 15 is 0 Å². The van der Waals surface area contributed by atoms with E-state index in [1.165, 1.54) is 12.1 Å². The van der Waals surface area contributed by atoms with Gasteiger partial charge >= 0.3 is 0 Å². The van der Waals surface area contributed by atoms with Crippen molar-refractivity contribution in [2.24, 2.45) is 5.92 Å². The average molecular weight is 342 g/mol. The summed E-state index contributed by atoms with van der Waals surface area (Å²) in [4.78, 5) is 18.4. The van der Waals surface area contributed by atoms with E-state index in [0.717, 1.165) is 30.5 Å². The molecule has 3 rings (SSSR count). The molecule has 1 fully saturated rings. The van der Waals surface area contributed by atoms with E-state index in [1.54, 1.807) is 19.5 Å². The summed E-state index contributed by atoms with van der Waals surface area (Å²) >= 11 is 0. The summed E-state index contributed by atoms with van der Waals surface area (Å²) in [6.07, 6.45) is 5.52. The van der Waals surface area contributed by atoms with E-state index in [2.05, 4.69) is 4.98 Å². The number of likely N-dealkylation sites (tertiary alicyclic amines) is 1. The standard InChI is InChI=1S/C20H23FN2O2/c1-25-19-14-23(20(24)13-16-6-9-22-10-7-16)11-8-17(19)12-15-2-4-18(21)5-3-15/h2-7,9-10,17,19H,8,11-14H2,1H3/t17-,19+/m1/s1. The third kappa shape index (κ3) is 4.63. The first kappa shape index (κ1) is 17.5. The zero-order valence-corrected chi connectivity index (χ0v) is 14.4. The minimum Gasteiger partial charge on any atom is -0.379 e. The van der Waals surface area contributed by atoms with Crippen molar-refractivity contribution in [1.29, 1.82) is 0 Å². The molecule has 25 heavy (non-hydrogen) atoms. The van der Waals surface area contributed by atoms with Crippen LogP contribution >= 0.6 is 0 Å². The molecule has 1 saturated heterocycles. The van der Waals surface area contributed by atoms with Gasteiger partial charge in [0.25, 0.3) is 0 Å². The van der Waals surface area contributed by atoms with Crippen molar-refractivity contribution in [3.63, 3.8) is 0 Å².